The molecule has 7 aromatic carbocycles. The zero-order chi connectivity index (χ0) is 36.1. The molecule has 1 aliphatic carbocycles. The molecule has 1 aromatic heterocycles. The maximum Gasteiger partial charge on any atom is 0.164 e. The minimum Gasteiger partial charge on any atom is -0.209 e. The molecule has 0 bridgehead atoms. The van der Waals surface area contributed by atoms with Gasteiger partial charge in [-0.2, -0.15) is 0 Å². The normalized spacial score (nSPS) is 12.6. The number of hydrogen-bond donors (Lipinski definition) is 0. The van der Waals surface area contributed by atoms with E-state index < -0.39 is 0 Å². The zero-order valence-electron chi connectivity index (χ0n) is 30.1. The third kappa shape index (κ3) is 6.80. The van der Waals surface area contributed by atoms with E-state index in [9.17, 15) is 0 Å². The van der Waals surface area contributed by atoms with Gasteiger partial charge in [-0.25, -0.2) is 15.0 Å². The van der Waals surface area contributed by atoms with Crippen LogP contribution in [0.2, 0.25) is 0 Å². The fourth-order valence-electron chi connectivity index (χ4n) is 7.57. The van der Waals surface area contributed by atoms with Crippen molar-refractivity contribution in [2.75, 3.05) is 0 Å². The topological polar surface area (TPSA) is 38.7 Å². The highest BCUT2D eigenvalue weighted by molar-refractivity contribution is 5.96. The van der Waals surface area contributed by atoms with E-state index in [4.69, 9.17) is 15.0 Å². The highest BCUT2D eigenvalue weighted by Crippen LogP contribution is 2.41. The van der Waals surface area contributed by atoms with E-state index in [1.807, 2.05) is 18.2 Å². The van der Waals surface area contributed by atoms with Crippen molar-refractivity contribution >= 4 is 5.57 Å². The summed E-state index contributed by atoms with van der Waals surface area (Å²) in [5, 5.41) is 0. The Kier molecular flexibility index (Phi) is 9.27. The first-order valence-electron chi connectivity index (χ1n) is 18.8. The molecule has 0 saturated carbocycles. The van der Waals surface area contributed by atoms with Crippen LogP contribution in [0.3, 0.4) is 0 Å². The second-order valence-electron chi connectivity index (χ2n) is 13.8. The van der Waals surface area contributed by atoms with Gasteiger partial charge in [-0.1, -0.05) is 188 Å². The lowest BCUT2D eigenvalue weighted by Gasteiger charge is -2.17. The maximum atomic E-state index is 4.99. The molecule has 0 N–H and O–H groups in total. The molecule has 1 heterocycles. The van der Waals surface area contributed by atoms with Gasteiger partial charge in [0, 0.05) is 11.1 Å². The Balaban J connectivity index is 1.03. The summed E-state index contributed by atoms with van der Waals surface area (Å²) in [5.74, 6) is 2.21. The van der Waals surface area contributed by atoms with Gasteiger partial charge in [-0.05, 0) is 86.9 Å². The van der Waals surface area contributed by atoms with Gasteiger partial charge in [-0.15, -0.1) is 0 Å². The number of aromatic nitrogens is 3. The van der Waals surface area contributed by atoms with Crippen LogP contribution in [-0.4, -0.2) is 15.0 Å². The van der Waals surface area contributed by atoms with Crippen molar-refractivity contribution in [3.8, 4) is 78.4 Å². The molecule has 0 radical (unpaired) electrons. The molecular weight excluding hydrogens is 655 g/mol. The summed E-state index contributed by atoms with van der Waals surface area (Å²) in [4.78, 5) is 14.9. The molecule has 9 rings (SSSR count). The van der Waals surface area contributed by atoms with Crippen molar-refractivity contribution in [3.05, 3.63) is 194 Å². The third-order valence-corrected chi connectivity index (χ3v) is 10.4. The summed E-state index contributed by atoms with van der Waals surface area (Å²) < 4.78 is 0. The molecule has 54 heavy (non-hydrogen) atoms. The minimum atomic E-state index is 0.704. The maximum absolute atomic E-state index is 4.99. The van der Waals surface area contributed by atoms with Gasteiger partial charge >= 0.3 is 0 Å². The number of benzene rings is 7. The van der Waals surface area contributed by atoms with E-state index in [-0.39, 0.29) is 0 Å². The average molecular weight is 694 g/mol. The van der Waals surface area contributed by atoms with Crippen molar-refractivity contribution in [2.24, 2.45) is 0 Å². The summed E-state index contributed by atoms with van der Waals surface area (Å²) in [6.45, 7) is 0. The first-order valence-corrected chi connectivity index (χ1v) is 18.8. The molecule has 1 aliphatic rings. The van der Waals surface area contributed by atoms with Crippen LogP contribution in [-0.2, 0) is 0 Å². The monoisotopic (exact) mass is 693 g/mol. The van der Waals surface area contributed by atoms with Crippen LogP contribution in [0.25, 0.3) is 84.0 Å². The average Bonchev–Trinajstić information content (AvgIpc) is 3.27. The molecule has 3 nitrogen and oxygen atoms in total. The summed E-state index contributed by atoms with van der Waals surface area (Å²) in [6.07, 6.45) is 6.77. The van der Waals surface area contributed by atoms with E-state index in [1.165, 1.54) is 62.9 Å². The van der Waals surface area contributed by atoms with E-state index in [2.05, 4.69) is 170 Å². The predicted octanol–water partition coefficient (Wildman–Crippen LogP) is 13.5. The largest absolute Gasteiger partial charge is 0.209 e. The molecule has 8 aromatic rings. The molecule has 0 atom stereocenters. The Morgan fingerprint density at radius 2 is 0.630 bits per heavy atom. The van der Waals surface area contributed by atoms with Crippen LogP contribution < -0.4 is 0 Å². The number of hydrogen-bond acceptors (Lipinski definition) is 3. The predicted molar refractivity (Wildman–Crippen MR) is 224 cm³/mol. The Morgan fingerprint density at radius 1 is 0.278 bits per heavy atom. The highest BCUT2D eigenvalue weighted by Gasteiger charge is 2.17. The fourth-order valence-corrected chi connectivity index (χ4v) is 7.57. The molecule has 3 heteroatoms. The summed E-state index contributed by atoms with van der Waals surface area (Å²) in [6, 6.07) is 64.6. The second kappa shape index (κ2) is 15.1. The minimum absolute atomic E-state index is 0.704. The van der Waals surface area contributed by atoms with Crippen LogP contribution in [0.5, 0.6) is 0 Å². The Bertz CT molecular complexity index is 2570. The van der Waals surface area contributed by atoms with Gasteiger partial charge in [0.15, 0.2) is 17.5 Å². The number of rotatable bonds is 8. The van der Waals surface area contributed by atoms with Gasteiger partial charge in [-0.3, -0.25) is 0 Å². The SMILES string of the molecule is C1=C(c2nc(-c3ccccc3)nc(-c3ccc(-c4ccc(-c5ccccc5-c5ccccc5-c5ccccc5-c5ccccc5)cc4)cc3)n2)CCCC1. The molecule has 258 valence electrons. The molecule has 0 saturated heterocycles. The van der Waals surface area contributed by atoms with E-state index in [1.54, 1.807) is 0 Å². The lowest BCUT2D eigenvalue weighted by atomic mass is 9.86. The second-order valence-corrected chi connectivity index (χ2v) is 13.8. The van der Waals surface area contributed by atoms with Gasteiger partial charge in [0.1, 0.15) is 0 Å². The zero-order valence-corrected chi connectivity index (χ0v) is 30.1. The quantitative estimate of drug-likeness (QED) is 0.159. The highest BCUT2D eigenvalue weighted by atomic mass is 15.0. The van der Waals surface area contributed by atoms with Crippen LogP contribution >= 0.6 is 0 Å². The van der Waals surface area contributed by atoms with E-state index in [0.717, 1.165) is 40.9 Å². The third-order valence-electron chi connectivity index (χ3n) is 10.4. The summed E-state index contributed by atoms with van der Waals surface area (Å²) in [7, 11) is 0. The first-order chi connectivity index (χ1) is 26.8. The van der Waals surface area contributed by atoms with Gasteiger partial charge in [0.05, 0.1) is 0 Å². The van der Waals surface area contributed by atoms with Crippen LogP contribution in [0.1, 0.15) is 31.5 Å². The van der Waals surface area contributed by atoms with Crippen molar-refractivity contribution in [3.63, 3.8) is 0 Å². The number of nitrogens with zero attached hydrogens (tertiary/aromatic N) is 3. The first kappa shape index (κ1) is 33.1. The fraction of sp³-hybridized carbons (Fsp3) is 0.0784. The van der Waals surface area contributed by atoms with Crippen LogP contribution in [0, 0.1) is 0 Å². The Hall–Kier alpha value is -6.71. The van der Waals surface area contributed by atoms with Crippen molar-refractivity contribution < 1.29 is 0 Å². The van der Waals surface area contributed by atoms with Crippen LogP contribution in [0.15, 0.2) is 188 Å². The molecule has 0 unspecified atom stereocenters. The lowest BCUT2D eigenvalue weighted by molar-refractivity contribution is 0.736. The molecule has 0 fully saturated rings. The number of allylic oxidation sites excluding steroid dienone is 2. The molecular formula is C51H39N3. The summed E-state index contributed by atoms with van der Waals surface area (Å²) in [5.41, 5.74) is 15.2. The Morgan fingerprint density at radius 3 is 1.11 bits per heavy atom. The summed E-state index contributed by atoms with van der Waals surface area (Å²) >= 11 is 0. The van der Waals surface area contributed by atoms with E-state index in [0.29, 0.717) is 11.6 Å². The van der Waals surface area contributed by atoms with Gasteiger partial charge < -0.3 is 0 Å². The van der Waals surface area contributed by atoms with Crippen molar-refractivity contribution in [1.29, 1.82) is 0 Å². The molecule has 0 aliphatic heterocycles. The van der Waals surface area contributed by atoms with Gasteiger partial charge in [0.25, 0.3) is 0 Å². The van der Waals surface area contributed by atoms with E-state index >= 15 is 0 Å². The van der Waals surface area contributed by atoms with Crippen LogP contribution in [0.4, 0.5) is 0 Å². The molecule has 0 amide bonds. The Labute approximate surface area is 317 Å². The smallest absolute Gasteiger partial charge is 0.164 e. The lowest BCUT2D eigenvalue weighted by Crippen LogP contribution is -2.04. The van der Waals surface area contributed by atoms with Crippen molar-refractivity contribution in [1.82, 2.24) is 15.0 Å². The van der Waals surface area contributed by atoms with Gasteiger partial charge in [0.2, 0.25) is 0 Å². The van der Waals surface area contributed by atoms with Crippen molar-refractivity contribution in [2.45, 2.75) is 25.7 Å². The molecule has 0 spiro atoms. The standard InChI is InChI=1S/C51H39N3/c1-4-16-38(17-5-1)43-22-10-12-24-45(43)47-26-14-15-27-48(47)46-25-13-11-23-44(46)39-32-28-36(29-33-39)37-30-34-42(35-31-37)51-53-49(40-18-6-2-7-19-40)52-50(54-51)41-20-8-3-9-21-41/h1-2,4-7,10-20,22-35H,3,8-9,21H2.